The van der Waals surface area contributed by atoms with E-state index in [1.165, 1.54) is 24.2 Å². The average Bonchev–Trinajstić information content (AvgIpc) is 2.41. The first kappa shape index (κ1) is 12.3. The summed E-state index contributed by atoms with van der Waals surface area (Å²) >= 11 is 0. The summed E-state index contributed by atoms with van der Waals surface area (Å²) in [5, 5.41) is 3.37. The Labute approximate surface area is 104 Å². The van der Waals surface area contributed by atoms with Gasteiger partial charge in [-0.3, -0.25) is 4.90 Å². The van der Waals surface area contributed by atoms with E-state index in [9.17, 15) is 0 Å². The number of nitrogens with one attached hydrogen (secondary N) is 1. The van der Waals surface area contributed by atoms with Crippen LogP contribution in [0.3, 0.4) is 0 Å². The van der Waals surface area contributed by atoms with Crippen LogP contribution in [0.15, 0.2) is 30.3 Å². The molecule has 92 valence electrons. The first-order valence-corrected chi connectivity index (χ1v) is 6.57. The van der Waals surface area contributed by atoms with Crippen molar-refractivity contribution in [1.82, 2.24) is 10.2 Å². The van der Waals surface area contributed by atoms with Gasteiger partial charge in [0.2, 0.25) is 0 Å². The van der Waals surface area contributed by atoms with Crippen molar-refractivity contribution < 1.29 is 0 Å². The molecule has 0 atom stereocenters. The Balaban J connectivity index is 1.82. The Bertz CT molecular complexity index is 348. The molecule has 1 fully saturated rings. The molecule has 2 heteroatoms. The normalized spacial score (nSPS) is 17.7. The van der Waals surface area contributed by atoms with Gasteiger partial charge in [0, 0.05) is 32.7 Å². The highest BCUT2D eigenvalue weighted by Gasteiger charge is 2.06. The fourth-order valence-electron chi connectivity index (χ4n) is 2.10. The molecule has 1 heterocycles. The topological polar surface area (TPSA) is 15.3 Å². The van der Waals surface area contributed by atoms with Gasteiger partial charge in [-0.05, 0) is 17.5 Å². The van der Waals surface area contributed by atoms with Crippen LogP contribution in [0.2, 0.25) is 0 Å². The summed E-state index contributed by atoms with van der Waals surface area (Å²) in [7, 11) is 0. The minimum absolute atomic E-state index is 1.07. The average molecular weight is 230 g/mol. The summed E-state index contributed by atoms with van der Waals surface area (Å²) < 4.78 is 0. The second-order valence-electron chi connectivity index (χ2n) is 4.55. The van der Waals surface area contributed by atoms with E-state index in [1.807, 2.05) is 0 Å². The van der Waals surface area contributed by atoms with Crippen LogP contribution in [0.25, 0.3) is 6.08 Å². The monoisotopic (exact) mass is 230 g/mol. The molecule has 0 unspecified atom stereocenters. The van der Waals surface area contributed by atoms with Crippen molar-refractivity contribution in [3.8, 4) is 0 Å². The highest BCUT2D eigenvalue weighted by molar-refractivity contribution is 5.49. The molecule has 1 N–H and O–H groups in total. The highest BCUT2D eigenvalue weighted by Crippen LogP contribution is 2.06. The molecule has 2 nitrogen and oxygen atoms in total. The van der Waals surface area contributed by atoms with Crippen molar-refractivity contribution in [2.75, 3.05) is 32.7 Å². The van der Waals surface area contributed by atoms with Gasteiger partial charge in [0.15, 0.2) is 0 Å². The highest BCUT2D eigenvalue weighted by atomic mass is 15.2. The third-order valence-electron chi connectivity index (χ3n) is 3.27. The zero-order valence-electron chi connectivity index (χ0n) is 10.7. The van der Waals surface area contributed by atoms with E-state index < -0.39 is 0 Å². The second-order valence-corrected chi connectivity index (χ2v) is 4.55. The Morgan fingerprint density at radius 2 is 1.88 bits per heavy atom. The van der Waals surface area contributed by atoms with Gasteiger partial charge in [0.25, 0.3) is 0 Å². The molecule has 0 radical (unpaired) electrons. The first-order chi connectivity index (χ1) is 8.38. The van der Waals surface area contributed by atoms with Crippen LogP contribution in [0.4, 0.5) is 0 Å². The standard InChI is InChI=1S/C15H22N2/c1-2-14-5-7-15(8-6-14)4-3-11-17-12-9-16-10-13-17/h3-8,16H,2,9-13H2,1H3/b4-3+. The van der Waals surface area contributed by atoms with E-state index >= 15 is 0 Å². The summed E-state index contributed by atoms with van der Waals surface area (Å²) in [4.78, 5) is 2.48. The second kappa shape index (κ2) is 6.58. The third kappa shape index (κ3) is 3.99. The SMILES string of the molecule is CCc1ccc(/C=C/CN2CCNCC2)cc1. The van der Waals surface area contributed by atoms with Crippen molar-refractivity contribution in [3.63, 3.8) is 0 Å². The van der Waals surface area contributed by atoms with E-state index in [-0.39, 0.29) is 0 Å². The van der Waals surface area contributed by atoms with E-state index in [0.29, 0.717) is 0 Å². The van der Waals surface area contributed by atoms with E-state index in [2.05, 4.69) is 53.6 Å². The van der Waals surface area contributed by atoms with Gasteiger partial charge in [0.05, 0.1) is 0 Å². The Morgan fingerprint density at radius 3 is 2.53 bits per heavy atom. The predicted octanol–water partition coefficient (Wildman–Crippen LogP) is 2.17. The quantitative estimate of drug-likeness (QED) is 0.853. The lowest BCUT2D eigenvalue weighted by Crippen LogP contribution is -2.43. The molecule has 1 aliphatic rings. The van der Waals surface area contributed by atoms with Crippen molar-refractivity contribution in [2.24, 2.45) is 0 Å². The lowest BCUT2D eigenvalue weighted by atomic mass is 10.1. The van der Waals surface area contributed by atoms with Gasteiger partial charge in [-0.1, -0.05) is 43.3 Å². The summed E-state index contributed by atoms with van der Waals surface area (Å²) in [5.41, 5.74) is 2.71. The number of rotatable bonds is 4. The van der Waals surface area contributed by atoms with Crippen molar-refractivity contribution in [2.45, 2.75) is 13.3 Å². The molecule has 0 aliphatic carbocycles. The van der Waals surface area contributed by atoms with E-state index in [1.54, 1.807) is 0 Å². The zero-order valence-corrected chi connectivity index (χ0v) is 10.7. The molecule has 0 aromatic heterocycles. The van der Waals surface area contributed by atoms with Gasteiger partial charge in [-0.15, -0.1) is 0 Å². The van der Waals surface area contributed by atoms with Gasteiger partial charge in [0.1, 0.15) is 0 Å². The number of hydrogen-bond donors (Lipinski definition) is 1. The summed E-state index contributed by atoms with van der Waals surface area (Å²) in [6.07, 6.45) is 5.61. The molecule has 2 rings (SSSR count). The first-order valence-electron chi connectivity index (χ1n) is 6.57. The molecular formula is C15H22N2. The number of aryl methyl sites for hydroxylation is 1. The molecule has 0 spiro atoms. The smallest absolute Gasteiger partial charge is 0.0167 e. The Kier molecular flexibility index (Phi) is 4.77. The van der Waals surface area contributed by atoms with Crippen LogP contribution >= 0.6 is 0 Å². The largest absolute Gasteiger partial charge is 0.314 e. The summed E-state index contributed by atoms with van der Waals surface area (Å²) in [6, 6.07) is 8.83. The zero-order chi connectivity index (χ0) is 11.9. The van der Waals surface area contributed by atoms with Crippen LogP contribution in [0, 0.1) is 0 Å². The fraction of sp³-hybridized carbons (Fsp3) is 0.467. The maximum atomic E-state index is 3.37. The Hall–Kier alpha value is -1.12. The maximum absolute atomic E-state index is 3.37. The van der Waals surface area contributed by atoms with Crippen molar-refractivity contribution in [1.29, 1.82) is 0 Å². The number of hydrogen-bond acceptors (Lipinski definition) is 2. The summed E-state index contributed by atoms with van der Waals surface area (Å²) in [6.45, 7) is 7.84. The molecule has 0 bridgehead atoms. The van der Waals surface area contributed by atoms with Gasteiger partial charge in [-0.25, -0.2) is 0 Å². The number of benzene rings is 1. The van der Waals surface area contributed by atoms with E-state index in [4.69, 9.17) is 0 Å². The number of nitrogens with zero attached hydrogens (tertiary/aromatic N) is 1. The van der Waals surface area contributed by atoms with Crippen LogP contribution in [0.5, 0.6) is 0 Å². The minimum atomic E-state index is 1.07. The van der Waals surface area contributed by atoms with Gasteiger partial charge < -0.3 is 5.32 Å². The van der Waals surface area contributed by atoms with Crippen LogP contribution in [-0.2, 0) is 6.42 Å². The maximum Gasteiger partial charge on any atom is 0.0167 e. The van der Waals surface area contributed by atoms with Crippen LogP contribution in [-0.4, -0.2) is 37.6 Å². The summed E-state index contributed by atoms with van der Waals surface area (Å²) in [5.74, 6) is 0. The molecule has 17 heavy (non-hydrogen) atoms. The Morgan fingerprint density at radius 1 is 1.18 bits per heavy atom. The van der Waals surface area contributed by atoms with Crippen LogP contribution in [0.1, 0.15) is 18.1 Å². The molecule has 0 saturated carbocycles. The van der Waals surface area contributed by atoms with E-state index in [0.717, 1.165) is 26.1 Å². The molecule has 1 aromatic rings. The lowest BCUT2D eigenvalue weighted by molar-refractivity contribution is 0.265. The third-order valence-corrected chi connectivity index (χ3v) is 3.27. The molecule has 0 amide bonds. The van der Waals surface area contributed by atoms with Gasteiger partial charge in [-0.2, -0.15) is 0 Å². The molecule has 1 aromatic carbocycles. The van der Waals surface area contributed by atoms with Crippen molar-refractivity contribution in [3.05, 3.63) is 41.5 Å². The lowest BCUT2D eigenvalue weighted by Gasteiger charge is -2.25. The fourth-order valence-corrected chi connectivity index (χ4v) is 2.10. The number of piperazine rings is 1. The van der Waals surface area contributed by atoms with Crippen LogP contribution < -0.4 is 5.32 Å². The molecule has 1 aliphatic heterocycles. The molecular weight excluding hydrogens is 208 g/mol. The van der Waals surface area contributed by atoms with Crippen molar-refractivity contribution >= 4 is 6.08 Å². The molecule has 1 saturated heterocycles. The minimum Gasteiger partial charge on any atom is -0.314 e. The van der Waals surface area contributed by atoms with Gasteiger partial charge >= 0.3 is 0 Å². The predicted molar refractivity (Wildman–Crippen MR) is 74.2 cm³/mol.